The third-order valence-corrected chi connectivity index (χ3v) is 7.01. The molecule has 0 atom stereocenters. The van der Waals surface area contributed by atoms with Crippen LogP contribution in [0.15, 0.2) is 47.8 Å². The summed E-state index contributed by atoms with van der Waals surface area (Å²) >= 11 is 1.61. The number of nitrogens with one attached hydrogen (secondary N) is 1. The van der Waals surface area contributed by atoms with E-state index in [2.05, 4.69) is 59.4 Å². The Morgan fingerprint density at radius 3 is 2.69 bits per heavy atom. The number of nitrogens with zero attached hydrogens (tertiary/aromatic N) is 3. The van der Waals surface area contributed by atoms with E-state index in [4.69, 9.17) is 4.98 Å². The number of benzene rings is 2. The number of aromatic nitrogens is 1. The van der Waals surface area contributed by atoms with Crippen LogP contribution >= 0.6 is 11.3 Å². The van der Waals surface area contributed by atoms with Gasteiger partial charge in [-0.1, -0.05) is 43.3 Å². The molecule has 5 nitrogen and oxygen atoms in total. The van der Waals surface area contributed by atoms with Gasteiger partial charge < -0.3 is 10.2 Å². The summed E-state index contributed by atoms with van der Waals surface area (Å²) in [7, 11) is 2.18. The van der Waals surface area contributed by atoms with Crippen molar-refractivity contribution in [2.75, 3.05) is 38.5 Å². The minimum Gasteiger partial charge on any atom is -0.325 e. The van der Waals surface area contributed by atoms with Gasteiger partial charge >= 0.3 is 0 Å². The lowest BCUT2D eigenvalue weighted by Crippen LogP contribution is -2.43. The number of carbonyl (C=O) groups is 1. The molecule has 2 heterocycles. The number of anilines is 1. The normalized spacial score (nSPS) is 15.1. The summed E-state index contributed by atoms with van der Waals surface area (Å²) in [5.74, 6) is -0.0188. The van der Waals surface area contributed by atoms with Crippen molar-refractivity contribution in [1.82, 2.24) is 14.8 Å². The van der Waals surface area contributed by atoms with Gasteiger partial charge in [0.05, 0.1) is 12.1 Å². The van der Waals surface area contributed by atoms with Gasteiger partial charge in [0.15, 0.2) is 0 Å². The summed E-state index contributed by atoms with van der Waals surface area (Å²) < 4.78 is 0. The van der Waals surface area contributed by atoms with Crippen LogP contribution in [0.4, 0.5) is 5.69 Å². The molecule has 0 bridgehead atoms. The van der Waals surface area contributed by atoms with Crippen LogP contribution in [0.1, 0.15) is 29.3 Å². The van der Waals surface area contributed by atoms with Crippen LogP contribution in [0.25, 0.3) is 10.6 Å². The van der Waals surface area contributed by atoms with Gasteiger partial charge in [0.25, 0.3) is 0 Å². The summed E-state index contributed by atoms with van der Waals surface area (Å²) in [5.41, 5.74) is 6.45. The van der Waals surface area contributed by atoms with E-state index < -0.39 is 0 Å². The zero-order valence-corrected chi connectivity index (χ0v) is 20.0. The van der Waals surface area contributed by atoms with Gasteiger partial charge in [-0.2, -0.15) is 0 Å². The van der Waals surface area contributed by atoms with E-state index in [1.807, 2.05) is 24.4 Å². The van der Waals surface area contributed by atoms with Crippen LogP contribution < -0.4 is 5.32 Å². The monoisotopic (exact) mass is 448 g/mol. The fourth-order valence-corrected chi connectivity index (χ4v) is 4.95. The summed E-state index contributed by atoms with van der Waals surface area (Å²) in [4.78, 5) is 22.3. The first-order valence-electron chi connectivity index (χ1n) is 11.3. The molecule has 6 heteroatoms. The summed E-state index contributed by atoms with van der Waals surface area (Å²) in [6.07, 6.45) is 1.18. The van der Waals surface area contributed by atoms with E-state index in [1.54, 1.807) is 11.3 Å². The Morgan fingerprint density at radius 1 is 1.12 bits per heavy atom. The number of likely N-dealkylation sites (N-methyl/N-ethyl adjacent to an activating group) is 1. The Labute approximate surface area is 195 Å². The maximum absolute atomic E-state index is 12.7. The first-order valence-corrected chi connectivity index (χ1v) is 12.2. The van der Waals surface area contributed by atoms with Crippen molar-refractivity contribution < 1.29 is 4.79 Å². The SMILES string of the molecule is CCc1cccc(C)c1NC(=O)Cc1csc(-c2cccc(CN3CCN(C)CC3)c2)n1. The van der Waals surface area contributed by atoms with Crippen LogP contribution in [-0.4, -0.2) is 53.9 Å². The fraction of sp³-hybridized carbons (Fsp3) is 0.385. The highest BCUT2D eigenvalue weighted by Gasteiger charge is 2.15. The molecular weight excluding hydrogens is 416 g/mol. The van der Waals surface area contributed by atoms with Gasteiger partial charge in [0, 0.05) is 49.4 Å². The Morgan fingerprint density at radius 2 is 1.91 bits per heavy atom. The molecule has 0 unspecified atom stereocenters. The van der Waals surface area contributed by atoms with Crippen LogP contribution in [0.3, 0.4) is 0 Å². The second-order valence-corrected chi connectivity index (χ2v) is 9.47. The molecule has 0 radical (unpaired) electrons. The number of aryl methyl sites for hydroxylation is 2. The highest BCUT2D eigenvalue weighted by molar-refractivity contribution is 7.13. The zero-order valence-electron chi connectivity index (χ0n) is 19.2. The first-order chi connectivity index (χ1) is 15.5. The van der Waals surface area contributed by atoms with Gasteiger partial charge in [0.1, 0.15) is 5.01 Å². The molecule has 2 aromatic carbocycles. The van der Waals surface area contributed by atoms with Gasteiger partial charge in [-0.15, -0.1) is 11.3 Å². The van der Waals surface area contributed by atoms with Crippen LogP contribution in [0.5, 0.6) is 0 Å². The third kappa shape index (κ3) is 5.63. The molecule has 3 aromatic rings. The number of thiazole rings is 1. The van der Waals surface area contributed by atoms with Crippen LogP contribution in [-0.2, 0) is 24.2 Å². The lowest BCUT2D eigenvalue weighted by Gasteiger charge is -2.32. The van der Waals surface area contributed by atoms with Gasteiger partial charge in [-0.05, 0) is 43.1 Å². The Bertz CT molecular complexity index is 1070. The maximum atomic E-state index is 12.7. The van der Waals surface area contributed by atoms with Gasteiger partial charge in [-0.25, -0.2) is 4.98 Å². The molecule has 1 aromatic heterocycles. The molecule has 168 valence electrons. The minimum absolute atomic E-state index is 0.0188. The topological polar surface area (TPSA) is 48.5 Å². The zero-order chi connectivity index (χ0) is 22.5. The van der Waals surface area contributed by atoms with Gasteiger partial charge in [-0.3, -0.25) is 9.69 Å². The number of piperazine rings is 1. The van der Waals surface area contributed by atoms with E-state index in [0.717, 1.165) is 72.2 Å². The number of hydrogen-bond acceptors (Lipinski definition) is 5. The fourth-order valence-electron chi connectivity index (χ4n) is 4.14. The molecule has 32 heavy (non-hydrogen) atoms. The van der Waals surface area contributed by atoms with E-state index in [9.17, 15) is 4.79 Å². The standard InChI is InChI=1S/C26H32N4OS/c1-4-21-9-5-7-19(2)25(21)28-24(31)16-23-18-32-26(27-23)22-10-6-8-20(15-22)17-30-13-11-29(3)12-14-30/h5-10,15,18H,4,11-14,16-17H2,1-3H3,(H,28,31). The van der Waals surface area contributed by atoms with E-state index >= 15 is 0 Å². The molecule has 0 saturated carbocycles. The van der Waals surface area contributed by atoms with Crippen LogP contribution in [0, 0.1) is 6.92 Å². The van der Waals surface area contributed by atoms with Crippen molar-refractivity contribution in [2.24, 2.45) is 0 Å². The number of para-hydroxylation sites is 1. The molecule has 1 fully saturated rings. The van der Waals surface area contributed by atoms with Crippen molar-refractivity contribution in [3.8, 4) is 10.6 Å². The Balaban J connectivity index is 1.40. The van der Waals surface area contributed by atoms with E-state index in [0.29, 0.717) is 0 Å². The average molecular weight is 449 g/mol. The Hall–Kier alpha value is -2.54. The molecule has 1 saturated heterocycles. The summed E-state index contributed by atoms with van der Waals surface area (Å²) in [5, 5.41) is 6.07. The highest BCUT2D eigenvalue weighted by atomic mass is 32.1. The lowest BCUT2D eigenvalue weighted by atomic mass is 10.1. The molecule has 1 amide bonds. The molecule has 0 aliphatic carbocycles. The van der Waals surface area contributed by atoms with Crippen molar-refractivity contribution in [1.29, 1.82) is 0 Å². The van der Waals surface area contributed by atoms with Crippen LogP contribution in [0.2, 0.25) is 0 Å². The molecule has 0 spiro atoms. The quantitative estimate of drug-likeness (QED) is 0.573. The minimum atomic E-state index is -0.0188. The largest absolute Gasteiger partial charge is 0.325 e. The van der Waals surface area contributed by atoms with Gasteiger partial charge in [0.2, 0.25) is 5.91 Å². The molecule has 1 N–H and O–H groups in total. The maximum Gasteiger partial charge on any atom is 0.230 e. The van der Waals surface area contributed by atoms with Crippen molar-refractivity contribution in [2.45, 2.75) is 33.2 Å². The second kappa shape index (κ2) is 10.4. The smallest absolute Gasteiger partial charge is 0.230 e. The van der Waals surface area contributed by atoms with Crippen molar-refractivity contribution in [3.05, 3.63) is 70.2 Å². The average Bonchev–Trinajstić information content (AvgIpc) is 3.25. The highest BCUT2D eigenvalue weighted by Crippen LogP contribution is 2.26. The number of rotatable bonds is 7. The number of hydrogen-bond donors (Lipinski definition) is 1. The summed E-state index contributed by atoms with van der Waals surface area (Å²) in [6.45, 7) is 9.58. The van der Waals surface area contributed by atoms with Crippen molar-refractivity contribution >= 4 is 22.9 Å². The Kier molecular flexibility index (Phi) is 7.35. The molecule has 1 aliphatic heterocycles. The van der Waals surface area contributed by atoms with E-state index in [1.165, 1.54) is 5.56 Å². The molecule has 4 rings (SSSR count). The second-order valence-electron chi connectivity index (χ2n) is 8.61. The summed E-state index contributed by atoms with van der Waals surface area (Å²) in [6, 6.07) is 14.8. The number of amides is 1. The predicted molar refractivity (Wildman–Crippen MR) is 133 cm³/mol. The lowest BCUT2D eigenvalue weighted by molar-refractivity contribution is -0.115. The van der Waals surface area contributed by atoms with Crippen molar-refractivity contribution in [3.63, 3.8) is 0 Å². The molecule has 1 aliphatic rings. The third-order valence-electron chi connectivity index (χ3n) is 6.07. The molecular formula is C26H32N4OS. The predicted octanol–water partition coefficient (Wildman–Crippen LogP) is 4.61. The first kappa shape index (κ1) is 22.6. The number of carbonyl (C=O) groups excluding carboxylic acids is 1. The van der Waals surface area contributed by atoms with E-state index in [-0.39, 0.29) is 12.3 Å².